The molecule has 1 aliphatic heterocycles. The highest BCUT2D eigenvalue weighted by molar-refractivity contribution is 5.91. The maximum absolute atomic E-state index is 12.7. The van der Waals surface area contributed by atoms with Crippen molar-refractivity contribution in [2.24, 2.45) is 5.92 Å². The molecule has 24 heavy (non-hydrogen) atoms. The lowest BCUT2D eigenvalue weighted by Crippen LogP contribution is -2.45. The standard InChI is InChI=1S/C16H26N2O6/c1-16(2,3)18-9-11(8-12(18)19)15(22)17(10-14(21)24-5)7-6-13(20)23-4/h11H,6-10H2,1-5H3. The van der Waals surface area contributed by atoms with Gasteiger partial charge in [-0.1, -0.05) is 0 Å². The summed E-state index contributed by atoms with van der Waals surface area (Å²) in [6.45, 7) is 5.80. The molecule has 0 bridgehead atoms. The number of methoxy groups -OCH3 is 2. The molecule has 0 spiro atoms. The number of ether oxygens (including phenoxy) is 2. The average molecular weight is 342 g/mol. The minimum atomic E-state index is -0.579. The van der Waals surface area contributed by atoms with E-state index in [0.29, 0.717) is 6.54 Å². The summed E-state index contributed by atoms with van der Waals surface area (Å²) in [5.74, 6) is -2.00. The molecule has 8 heteroatoms. The van der Waals surface area contributed by atoms with Gasteiger partial charge < -0.3 is 19.3 Å². The molecule has 2 amide bonds. The van der Waals surface area contributed by atoms with Crippen LogP contribution in [0.15, 0.2) is 0 Å². The van der Waals surface area contributed by atoms with E-state index < -0.39 is 17.9 Å². The Hall–Kier alpha value is -2.12. The van der Waals surface area contributed by atoms with E-state index in [2.05, 4.69) is 9.47 Å². The fourth-order valence-electron chi connectivity index (χ4n) is 2.60. The molecular weight excluding hydrogens is 316 g/mol. The zero-order valence-corrected chi connectivity index (χ0v) is 15.0. The molecule has 1 saturated heterocycles. The Bertz CT molecular complexity index is 511. The van der Waals surface area contributed by atoms with Crippen molar-refractivity contribution in [3.05, 3.63) is 0 Å². The monoisotopic (exact) mass is 342 g/mol. The largest absolute Gasteiger partial charge is 0.469 e. The van der Waals surface area contributed by atoms with Crippen LogP contribution in [0.4, 0.5) is 0 Å². The number of carbonyl (C=O) groups excluding carboxylic acids is 4. The Kier molecular flexibility index (Phi) is 6.74. The van der Waals surface area contributed by atoms with E-state index in [4.69, 9.17) is 0 Å². The van der Waals surface area contributed by atoms with E-state index in [-0.39, 0.29) is 43.3 Å². The molecule has 1 rings (SSSR count). The Morgan fingerprint density at radius 3 is 2.21 bits per heavy atom. The average Bonchev–Trinajstić information content (AvgIpc) is 2.92. The van der Waals surface area contributed by atoms with Gasteiger partial charge in [0.1, 0.15) is 6.54 Å². The molecule has 1 heterocycles. The van der Waals surface area contributed by atoms with Crippen molar-refractivity contribution in [3.63, 3.8) is 0 Å². The molecule has 8 nitrogen and oxygen atoms in total. The highest BCUT2D eigenvalue weighted by atomic mass is 16.5. The molecule has 0 aromatic rings. The summed E-state index contributed by atoms with van der Waals surface area (Å²) in [5, 5.41) is 0. The maximum Gasteiger partial charge on any atom is 0.325 e. The lowest BCUT2D eigenvalue weighted by molar-refractivity contribution is -0.150. The predicted octanol–water partition coefficient (Wildman–Crippen LogP) is 0.198. The number of likely N-dealkylation sites (tertiary alicyclic amines) is 1. The number of carbonyl (C=O) groups is 4. The second-order valence-corrected chi connectivity index (χ2v) is 6.74. The normalized spacial score (nSPS) is 17.6. The Morgan fingerprint density at radius 2 is 1.75 bits per heavy atom. The number of rotatable bonds is 6. The van der Waals surface area contributed by atoms with E-state index in [1.165, 1.54) is 19.1 Å². The van der Waals surface area contributed by atoms with Gasteiger partial charge in [0.25, 0.3) is 0 Å². The molecule has 0 aromatic heterocycles. The summed E-state index contributed by atoms with van der Waals surface area (Å²) in [5.41, 5.74) is -0.370. The SMILES string of the molecule is COC(=O)CCN(CC(=O)OC)C(=O)C1CC(=O)N(C(C)(C)C)C1. The molecule has 0 N–H and O–H groups in total. The van der Waals surface area contributed by atoms with Crippen molar-refractivity contribution in [1.29, 1.82) is 0 Å². The lowest BCUT2D eigenvalue weighted by atomic mass is 10.1. The first-order valence-corrected chi connectivity index (χ1v) is 7.83. The molecule has 0 aromatic carbocycles. The highest BCUT2D eigenvalue weighted by Crippen LogP contribution is 2.27. The number of esters is 2. The van der Waals surface area contributed by atoms with Crippen LogP contribution in [0.25, 0.3) is 0 Å². The first kappa shape index (κ1) is 19.9. The minimum Gasteiger partial charge on any atom is -0.469 e. The van der Waals surface area contributed by atoms with Gasteiger partial charge in [0, 0.05) is 25.0 Å². The Balaban J connectivity index is 2.81. The molecule has 1 atom stereocenters. The van der Waals surface area contributed by atoms with Crippen molar-refractivity contribution in [2.45, 2.75) is 39.2 Å². The lowest BCUT2D eigenvalue weighted by Gasteiger charge is -2.32. The van der Waals surface area contributed by atoms with Gasteiger partial charge in [0.15, 0.2) is 0 Å². The van der Waals surface area contributed by atoms with Crippen molar-refractivity contribution in [3.8, 4) is 0 Å². The number of nitrogens with zero attached hydrogens (tertiary/aromatic N) is 2. The molecule has 136 valence electrons. The maximum atomic E-state index is 12.7. The summed E-state index contributed by atoms with van der Waals surface area (Å²) in [6, 6.07) is 0. The number of hydrogen-bond donors (Lipinski definition) is 0. The van der Waals surface area contributed by atoms with E-state index >= 15 is 0 Å². The van der Waals surface area contributed by atoms with Crippen molar-refractivity contribution < 1.29 is 28.7 Å². The molecule has 1 aliphatic rings. The third kappa shape index (κ3) is 5.21. The molecular formula is C16H26N2O6. The van der Waals surface area contributed by atoms with Gasteiger partial charge in [-0.15, -0.1) is 0 Å². The van der Waals surface area contributed by atoms with Gasteiger partial charge >= 0.3 is 11.9 Å². The summed E-state index contributed by atoms with van der Waals surface area (Å²) < 4.78 is 9.16. The van der Waals surface area contributed by atoms with Gasteiger partial charge in [-0.25, -0.2) is 0 Å². The summed E-state index contributed by atoms with van der Waals surface area (Å²) in [6.07, 6.45) is 0.0783. The predicted molar refractivity (Wildman–Crippen MR) is 84.8 cm³/mol. The molecule has 0 aliphatic carbocycles. The van der Waals surface area contributed by atoms with Crippen LogP contribution in [0, 0.1) is 5.92 Å². The van der Waals surface area contributed by atoms with Gasteiger partial charge in [-0.3, -0.25) is 19.2 Å². The quantitative estimate of drug-likeness (QED) is 0.640. The van der Waals surface area contributed by atoms with E-state index in [0.717, 1.165) is 0 Å². The smallest absolute Gasteiger partial charge is 0.325 e. The molecule has 0 saturated carbocycles. The fourth-order valence-corrected chi connectivity index (χ4v) is 2.60. The third-order valence-corrected chi connectivity index (χ3v) is 3.96. The Morgan fingerprint density at radius 1 is 1.17 bits per heavy atom. The first-order valence-electron chi connectivity index (χ1n) is 7.83. The zero-order valence-electron chi connectivity index (χ0n) is 15.0. The highest BCUT2D eigenvalue weighted by Gasteiger charge is 2.41. The zero-order chi connectivity index (χ0) is 18.5. The van der Waals surface area contributed by atoms with Crippen LogP contribution in [0.3, 0.4) is 0 Å². The van der Waals surface area contributed by atoms with Crippen LogP contribution < -0.4 is 0 Å². The van der Waals surface area contributed by atoms with Crippen LogP contribution in [0.5, 0.6) is 0 Å². The van der Waals surface area contributed by atoms with Crippen LogP contribution in [0.2, 0.25) is 0 Å². The van der Waals surface area contributed by atoms with E-state index in [1.54, 1.807) is 4.90 Å². The summed E-state index contributed by atoms with van der Waals surface area (Å²) in [7, 11) is 2.48. The molecule has 1 unspecified atom stereocenters. The third-order valence-electron chi connectivity index (χ3n) is 3.96. The van der Waals surface area contributed by atoms with Gasteiger partial charge in [0.2, 0.25) is 11.8 Å². The Labute approximate surface area is 142 Å². The number of hydrogen-bond acceptors (Lipinski definition) is 6. The van der Waals surface area contributed by atoms with Crippen LogP contribution in [-0.2, 0) is 28.7 Å². The van der Waals surface area contributed by atoms with Crippen LogP contribution >= 0.6 is 0 Å². The van der Waals surface area contributed by atoms with Crippen LogP contribution in [-0.4, -0.2) is 72.9 Å². The van der Waals surface area contributed by atoms with Crippen molar-refractivity contribution in [2.75, 3.05) is 33.9 Å². The van der Waals surface area contributed by atoms with E-state index in [9.17, 15) is 19.2 Å². The van der Waals surface area contributed by atoms with Crippen molar-refractivity contribution in [1.82, 2.24) is 9.80 Å². The second-order valence-electron chi connectivity index (χ2n) is 6.74. The number of amides is 2. The van der Waals surface area contributed by atoms with Gasteiger partial charge in [-0.05, 0) is 20.8 Å². The van der Waals surface area contributed by atoms with E-state index in [1.807, 2.05) is 20.8 Å². The van der Waals surface area contributed by atoms with Gasteiger partial charge in [-0.2, -0.15) is 0 Å². The fraction of sp³-hybridized carbons (Fsp3) is 0.750. The minimum absolute atomic E-state index is 0.0249. The summed E-state index contributed by atoms with van der Waals surface area (Å²) >= 11 is 0. The first-order chi connectivity index (χ1) is 11.1. The molecule has 0 radical (unpaired) electrons. The van der Waals surface area contributed by atoms with Gasteiger partial charge in [0.05, 0.1) is 26.6 Å². The molecule has 1 fully saturated rings. The summed E-state index contributed by atoms with van der Waals surface area (Å²) in [4.78, 5) is 50.6. The second kappa shape index (κ2) is 8.12. The van der Waals surface area contributed by atoms with Crippen LogP contribution in [0.1, 0.15) is 33.6 Å². The topological polar surface area (TPSA) is 93.2 Å². The van der Waals surface area contributed by atoms with Crippen molar-refractivity contribution >= 4 is 23.8 Å².